The molecule has 0 atom stereocenters. The van der Waals surface area contributed by atoms with Gasteiger partial charge in [0.05, 0.1) is 12.2 Å². The van der Waals surface area contributed by atoms with Crippen molar-refractivity contribution in [3.63, 3.8) is 0 Å². The Morgan fingerprint density at radius 2 is 1.84 bits per heavy atom. The van der Waals surface area contributed by atoms with Gasteiger partial charge < -0.3 is 10.4 Å². The van der Waals surface area contributed by atoms with E-state index in [9.17, 15) is 0 Å². The van der Waals surface area contributed by atoms with E-state index in [0.29, 0.717) is 5.56 Å². The highest BCUT2D eigenvalue weighted by Gasteiger charge is 1.97. The first kappa shape index (κ1) is 13.1. The molecule has 0 aliphatic heterocycles. The van der Waals surface area contributed by atoms with E-state index in [4.69, 9.17) is 10.4 Å². The molecule has 0 radical (unpaired) electrons. The zero-order valence-electron chi connectivity index (χ0n) is 10.5. The number of nitriles is 1. The van der Waals surface area contributed by atoms with Crippen LogP contribution < -0.4 is 5.32 Å². The van der Waals surface area contributed by atoms with Crippen molar-refractivity contribution < 1.29 is 5.11 Å². The number of nitrogens with one attached hydrogen (secondary N) is 1. The molecule has 1 aromatic heterocycles. The maximum atomic E-state index is 8.95. The molecule has 4 nitrogen and oxygen atoms in total. The van der Waals surface area contributed by atoms with Gasteiger partial charge in [-0.3, -0.25) is 0 Å². The van der Waals surface area contributed by atoms with Gasteiger partial charge in [0.1, 0.15) is 11.9 Å². The molecule has 96 valence electrons. The van der Waals surface area contributed by atoms with Crippen LogP contribution in [0, 0.1) is 11.3 Å². The highest BCUT2D eigenvalue weighted by molar-refractivity contribution is 5.39. The van der Waals surface area contributed by atoms with Crippen LogP contribution >= 0.6 is 0 Å². The molecule has 0 aliphatic rings. The lowest BCUT2D eigenvalue weighted by atomic mass is 10.1. The van der Waals surface area contributed by atoms with E-state index in [2.05, 4.69) is 10.3 Å². The summed E-state index contributed by atoms with van der Waals surface area (Å²) in [6.07, 6.45) is 2.44. The molecule has 0 aliphatic carbocycles. The second-order valence-corrected chi connectivity index (χ2v) is 4.20. The van der Waals surface area contributed by atoms with Crippen LogP contribution in [0.3, 0.4) is 0 Å². The Bertz CT molecular complexity index is 555. The minimum Gasteiger partial charge on any atom is -0.392 e. The van der Waals surface area contributed by atoms with Crippen molar-refractivity contribution in [3.8, 4) is 6.07 Å². The predicted molar refractivity (Wildman–Crippen MR) is 73.5 cm³/mol. The lowest BCUT2D eigenvalue weighted by molar-refractivity contribution is 0.282. The third-order valence-electron chi connectivity index (χ3n) is 2.82. The maximum Gasteiger partial charge on any atom is 0.125 e. The number of anilines is 1. The molecular formula is C15H15N3O. The van der Waals surface area contributed by atoms with Gasteiger partial charge in [-0.2, -0.15) is 5.26 Å². The third kappa shape index (κ3) is 3.80. The molecule has 19 heavy (non-hydrogen) atoms. The second-order valence-electron chi connectivity index (χ2n) is 4.20. The smallest absolute Gasteiger partial charge is 0.125 e. The maximum absolute atomic E-state index is 8.95. The molecule has 2 rings (SSSR count). The molecule has 0 saturated heterocycles. The van der Waals surface area contributed by atoms with E-state index >= 15 is 0 Å². The second kappa shape index (κ2) is 6.53. The Balaban J connectivity index is 1.83. The van der Waals surface area contributed by atoms with Gasteiger partial charge in [-0.05, 0) is 29.7 Å². The van der Waals surface area contributed by atoms with Crippen molar-refractivity contribution in [2.45, 2.75) is 13.0 Å². The van der Waals surface area contributed by atoms with E-state index in [1.54, 1.807) is 18.3 Å². The SMILES string of the molecule is N#Cc1ccc(NCCc2ccc(CO)cc2)nc1. The van der Waals surface area contributed by atoms with Crippen LogP contribution in [0.4, 0.5) is 5.82 Å². The summed E-state index contributed by atoms with van der Waals surface area (Å²) in [7, 11) is 0. The monoisotopic (exact) mass is 253 g/mol. The lowest BCUT2D eigenvalue weighted by Gasteiger charge is -2.06. The molecule has 0 saturated carbocycles. The molecule has 1 heterocycles. The number of aromatic nitrogens is 1. The minimum absolute atomic E-state index is 0.0771. The number of nitrogens with zero attached hydrogens (tertiary/aromatic N) is 2. The summed E-state index contributed by atoms with van der Waals surface area (Å²) in [6, 6.07) is 13.5. The first-order chi connectivity index (χ1) is 9.31. The number of aliphatic hydroxyl groups excluding tert-OH is 1. The summed E-state index contributed by atoms with van der Waals surface area (Å²) >= 11 is 0. The number of pyridine rings is 1. The fourth-order valence-electron chi connectivity index (χ4n) is 1.71. The Kier molecular flexibility index (Phi) is 4.49. The van der Waals surface area contributed by atoms with Gasteiger partial charge in [-0.15, -0.1) is 0 Å². The van der Waals surface area contributed by atoms with E-state index in [1.807, 2.05) is 30.3 Å². The van der Waals surface area contributed by atoms with Crippen LogP contribution in [0.5, 0.6) is 0 Å². The highest BCUT2D eigenvalue weighted by atomic mass is 16.3. The molecule has 4 heteroatoms. The van der Waals surface area contributed by atoms with Gasteiger partial charge >= 0.3 is 0 Å². The zero-order valence-corrected chi connectivity index (χ0v) is 10.5. The van der Waals surface area contributed by atoms with Gasteiger partial charge in [0, 0.05) is 12.7 Å². The third-order valence-corrected chi connectivity index (χ3v) is 2.82. The first-order valence-corrected chi connectivity index (χ1v) is 6.10. The normalized spacial score (nSPS) is 9.89. The summed E-state index contributed by atoms with van der Waals surface area (Å²) in [5.41, 5.74) is 2.69. The van der Waals surface area contributed by atoms with Crippen molar-refractivity contribution in [1.29, 1.82) is 5.26 Å². The van der Waals surface area contributed by atoms with Crippen molar-refractivity contribution >= 4 is 5.82 Å². The molecule has 0 amide bonds. The van der Waals surface area contributed by atoms with Gasteiger partial charge in [-0.1, -0.05) is 24.3 Å². The van der Waals surface area contributed by atoms with Crippen LogP contribution in [0.1, 0.15) is 16.7 Å². The van der Waals surface area contributed by atoms with Crippen LogP contribution in [0.15, 0.2) is 42.6 Å². The number of aliphatic hydroxyl groups is 1. The van der Waals surface area contributed by atoms with E-state index in [-0.39, 0.29) is 6.61 Å². The fraction of sp³-hybridized carbons (Fsp3) is 0.200. The summed E-state index contributed by atoms with van der Waals surface area (Å²) in [5.74, 6) is 0.769. The molecule has 1 aromatic carbocycles. The van der Waals surface area contributed by atoms with E-state index in [1.165, 1.54) is 5.56 Å². The molecule has 2 N–H and O–H groups in total. The molecule has 0 spiro atoms. The summed E-state index contributed by atoms with van der Waals surface area (Å²) < 4.78 is 0. The fourth-order valence-corrected chi connectivity index (χ4v) is 1.71. The molecule has 0 unspecified atom stereocenters. The Morgan fingerprint density at radius 3 is 2.42 bits per heavy atom. The van der Waals surface area contributed by atoms with Crippen LogP contribution in [0.2, 0.25) is 0 Å². The molecular weight excluding hydrogens is 238 g/mol. The molecule has 0 bridgehead atoms. The van der Waals surface area contributed by atoms with Gasteiger partial charge in [0.15, 0.2) is 0 Å². The number of hydrogen-bond donors (Lipinski definition) is 2. The van der Waals surface area contributed by atoms with Gasteiger partial charge in [0.25, 0.3) is 0 Å². The summed E-state index contributed by atoms with van der Waals surface area (Å²) in [5, 5.41) is 20.8. The first-order valence-electron chi connectivity index (χ1n) is 6.10. The van der Waals surface area contributed by atoms with Gasteiger partial charge in [-0.25, -0.2) is 4.98 Å². The standard InChI is InChI=1S/C15H15N3O/c16-9-14-5-6-15(18-10-14)17-8-7-12-1-3-13(11-19)4-2-12/h1-6,10,19H,7-8,11H2,(H,17,18). The van der Waals surface area contributed by atoms with Crippen molar-refractivity contribution in [2.24, 2.45) is 0 Å². The Morgan fingerprint density at radius 1 is 1.11 bits per heavy atom. The largest absolute Gasteiger partial charge is 0.392 e. The van der Waals surface area contributed by atoms with Gasteiger partial charge in [0.2, 0.25) is 0 Å². The van der Waals surface area contributed by atoms with Crippen molar-refractivity contribution in [2.75, 3.05) is 11.9 Å². The topological polar surface area (TPSA) is 68.9 Å². The van der Waals surface area contributed by atoms with E-state index in [0.717, 1.165) is 24.3 Å². The number of hydrogen-bond acceptors (Lipinski definition) is 4. The van der Waals surface area contributed by atoms with Crippen molar-refractivity contribution in [3.05, 3.63) is 59.3 Å². The Hall–Kier alpha value is -2.38. The number of benzene rings is 1. The van der Waals surface area contributed by atoms with Crippen LogP contribution in [0.25, 0.3) is 0 Å². The van der Waals surface area contributed by atoms with Crippen molar-refractivity contribution in [1.82, 2.24) is 4.98 Å². The molecule has 0 fully saturated rings. The van der Waals surface area contributed by atoms with E-state index < -0.39 is 0 Å². The Labute approximate surface area is 112 Å². The minimum atomic E-state index is 0.0771. The lowest BCUT2D eigenvalue weighted by Crippen LogP contribution is -2.06. The van der Waals surface area contributed by atoms with Crippen LogP contribution in [-0.2, 0) is 13.0 Å². The number of rotatable bonds is 5. The average Bonchev–Trinajstić information content (AvgIpc) is 2.49. The highest BCUT2D eigenvalue weighted by Crippen LogP contribution is 2.07. The molecule has 2 aromatic rings. The average molecular weight is 253 g/mol. The van der Waals surface area contributed by atoms with Crippen LogP contribution in [-0.4, -0.2) is 16.6 Å². The quantitative estimate of drug-likeness (QED) is 0.856. The zero-order chi connectivity index (χ0) is 13.5. The predicted octanol–water partition coefficient (Wildman–Crippen LogP) is 2.10. The summed E-state index contributed by atoms with van der Waals surface area (Å²) in [4.78, 5) is 4.14. The summed E-state index contributed by atoms with van der Waals surface area (Å²) in [6.45, 7) is 0.852.